The third-order valence-electron chi connectivity index (χ3n) is 6.55. The van der Waals surface area contributed by atoms with Crippen LogP contribution >= 0.6 is 0 Å². The Labute approximate surface area is 131 Å². The van der Waals surface area contributed by atoms with Crippen LogP contribution in [0.25, 0.3) is 0 Å². The standard InChI is InChI=1S/C19H22O3/c1-22-17(21)18-9-5-6-13-12-19(11-10-18,15(13)16(18)20)14-7-3-2-4-8-14/h2-4,7-8,13,15H,5-6,9-12H2,1H3. The summed E-state index contributed by atoms with van der Waals surface area (Å²) in [6.07, 6.45) is 5.40. The monoisotopic (exact) mass is 298 g/mol. The zero-order chi connectivity index (χ0) is 15.4. The van der Waals surface area contributed by atoms with Crippen molar-refractivity contribution >= 4 is 11.8 Å². The Kier molecular flexibility index (Phi) is 2.97. The third-order valence-corrected chi connectivity index (χ3v) is 6.55. The summed E-state index contributed by atoms with van der Waals surface area (Å²) in [6, 6.07) is 10.4. The van der Waals surface area contributed by atoms with Gasteiger partial charge in [0.05, 0.1) is 7.11 Å². The molecule has 0 N–H and O–H groups in total. The molecule has 3 aliphatic carbocycles. The molecule has 4 rings (SSSR count). The smallest absolute Gasteiger partial charge is 0.319 e. The average Bonchev–Trinajstić information content (AvgIpc) is 2.61. The van der Waals surface area contributed by atoms with Crippen LogP contribution in [0.2, 0.25) is 0 Å². The largest absolute Gasteiger partial charge is 0.468 e. The van der Waals surface area contributed by atoms with Crippen molar-refractivity contribution in [2.24, 2.45) is 17.3 Å². The molecule has 0 aliphatic heterocycles. The topological polar surface area (TPSA) is 43.4 Å². The summed E-state index contributed by atoms with van der Waals surface area (Å²) in [7, 11) is 1.41. The number of Topliss-reactive ketones (excluding diaryl/α,β-unsaturated/α-hetero) is 1. The van der Waals surface area contributed by atoms with Gasteiger partial charge in [-0.3, -0.25) is 9.59 Å². The van der Waals surface area contributed by atoms with E-state index in [-0.39, 0.29) is 23.1 Å². The minimum absolute atomic E-state index is 0.0187. The van der Waals surface area contributed by atoms with E-state index in [2.05, 4.69) is 24.3 Å². The van der Waals surface area contributed by atoms with Crippen LogP contribution in [0.1, 0.15) is 44.1 Å². The summed E-state index contributed by atoms with van der Waals surface area (Å²) in [5.41, 5.74) is 0.405. The minimum Gasteiger partial charge on any atom is -0.468 e. The fourth-order valence-electron chi connectivity index (χ4n) is 5.48. The molecule has 0 saturated heterocycles. The molecule has 3 saturated carbocycles. The Bertz CT molecular complexity index is 623. The molecule has 0 spiro atoms. The maximum atomic E-state index is 13.3. The lowest BCUT2D eigenvalue weighted by atomic mass is 9.42. The fraction of sp³-hybridized carbons (Fsp3) is 0.579. The maximum Gasteiger partial charge on any atom is 0.319 e. The van der Waals surface area contributed by atoms with Crippen LogP contribution in [0.5, 0.6) is 0 Å². The summed E-state index contributed by atoms with van der Waals surface area (Å²) in [4.78, 5) is 25.7. The normalized spacial score (nSPS) is 39.6. The molecule has 4 unspecified atom stereocenters. The summed E-state index contributed by atoms with van der Waals surface area (Å²) in [6.45, 7) is 0. The zero-order valence-corrected chi connectivity index (χ0v) is 13.0. The molecule has 3 heteroatoms. The number of carbonyl (C=O) groups is 2. The number of ether oxygens (including phenoxy) is 1. The second-order valence-electron chi connectivity index (χ2n) is 7.29. The number of hydrogen-bond acceptors (Lipinski definition) is 3. The van der Waals surface area contributed by atoms with Gasteiger partial charge < -0.3 is 4.74 Å². The van der Waals surface area contributed by atoms with Gasteiger partial charge in [-0.2, -0.15) is 0 Å². The summed E-state index contributed by atoms with van der Waals surface area (Å²) in [5.74, 6) is 0.347. The maximum absolute atomic E-state index is 13.3. The van der Waals surface area contributed by atoms with Crippen molar-refractivity contribution in [3.8, 4) is 0 Å². The SMILES string of the molecule is COC(=O)C12CCCC3CC(c4ccccc4)(CC1)C3C2=O. The van der Waals surface area contributed by atoms with Crippen LogP contribution in [0.4, 0.5) is 0 Å². The lowest BCUT2D eigenvalue weighted by Crippen LogP contribution is -2.62. The van der Waals surface area contributed by atoms with Gasteiger partial charge in [-0.25, -0.2) is 0 Å². The number of ketones is 1. The van der Waals surface area contributed by atoms with Crippen LogP contribution in [-0.4, -0.2) is 18.9 Å². The number of fused-ring (bicyclic) bond motifs is 1. The number of rotatable bonds is 2. The van der Waals surface area contributed by atoms with Crippen LogP contribution in [0, 0.1) is 17.3 Å². The van der Waals surface area contributed by atoms with Crippen molar-refractivity contribution in [1.29, 1.82) is 0 Å². The molecule has 0 aromatic heterocycles. The van der Waals surface area contributed by atoms with E-state index in [1.807, 2.05) is 6.07 Å². The number of esters is 1. The van der Waals surface area contributed by atoms with Crippen molar-refractivity contribution in [3.63, 3.8) is 0 Å². The van der Waals surface area contributed by atoms with Crippen LogP contribution < -0.4 is 0 Å². The number of benzene rings is 1. The molecule has 3 fully saturated rings. The van der Waals surface area contributed by atoms with Gasteiger partial charge in [0.15, 0.2) is 5.78 Å². The molecule has 2 bridgehead atoms. The molecule has 0 heterocycles. The van der Waals surface area contributed by atoms with Gasteiger partial charge in [-0.1, -0.05) is 36.8 Å². The van der Waals surface area contributed by atoms with Crippen LogP contribution in [-0.2, 0) is 19.7 Å². The van der Waals surface area contributed by atoms with Crippen LogP contribution in [0.15, 0.2) is 30.3 Å². The molecule has 116 valence electrons. The molecular weight excluding hydrogens is 276 g/mol. The van der Waals surface area contributed by atoms with E-state index in [1.54, 1.807) is 0 Å². The quantitative estimate of drug-likeness (QED) is 0.622. The second kappa shape index (κ2) is 4.68. The lowest BCUT2D eigenvalue weighted by Gasteiger charge is -2.59. The van der Waals surface area contributed by atoms with Crippen molar-refractivity contribution in [1.82, 2.24) is 0 Å². The lowest BCUT2D eigenvalue weighted by molar-refractivity contribution is -0.170. The zero-order valence-electron chi connectivity index (χ0n) is 13.0. The minimum atomic E-state index is -0.854. The molecule has 0 amide bonds. The molecule has 4 atom stereocenters. The summed E-state index contributed by atoms with van der Waals surface area (Å²) >= 11 is 0. The third kappa shape index (κ3) is 1.57. The molecule has 3 aliphatic rings. The highest BCUT2D eigenvalue weighted by Gasteiger charge is 2.67. The molecular formula is C19H22O3. The predicted octanol–water partition coefficient (Wildman–Crippen LogP) is 3.27. The highest BCUT2D eigenvalue weighted by molar-refractivity contribution is 6.07. The van der Waals surface area contributed by atoms with Gasteiger partial charge in [0.2, 0.25) is 0 Å². The van der Waals surface area contributed by atoms with Crippen LogP contribution in [0.3, 0.4) is 0 Å². The highest BCUT2D eigenvalue weighted by atomic mass is 16.5. The second-order valence-corrected chi connectivity index (χ2v) is 7.29. The number of hydrogen-bond donors (Lipinski definition) is 0. The first kappa shape index (κ1) is 14.0. The molecule has 0 radical (unpaired) electrons. The van der Waals surface area contributed by atoms with E-state index in [0.29, 0.717) is 18.8 Å². The highest BCUT2D eigenvalue weighted by Crippen LogP contribution is 2.65. The first-order valence-electron chi connectivity index (χ1n) is 8.32. The number of carbonyl (C=O) groups excluding carboxylic acids is 2. The fourth-order valence-corrected chi connectivity index (χ4v) is 5.48. The summed E-state index contributed by atoms with van der Waals surface area (Å²) < 4.78 is 5.02. The van der Waals surface area contributed by atoms with Gasteiger partial charge in [0.1, 0.15) is 5.41 Å². The van der Waals surface area contributed by atoms with E-state index in [9.17, 15) is 9.59 Å². The van der Waals surface area contributed by atoms with Crippen molar-refractivity contribution in [2.45, 2.75) is 43.9 Å². The van der Waals surface area contributed by atoms with Gasteiger partial charge in [0.25, 0.3) is 0 Å². The molecule has 1 aromatic carbocycles. The van der Waals surface area contributed by atoms with E-state index >= 15 is 0 Å². The Morgan fingerprint density at radius 3 is 2.68 bits per heavy atom. The van der Waals surface area contributed by atoms with Crippen molar-refractivity contribution in [3.05, 3.63) is 35.9 Å². The Morgan fingerprint density at radius 1 is 1.18 bits per heavy atom. The van der Waals surface area contributed by atoms with E-state index in [4.69, 9.17) is 4.74 Å². The Hall–Kier alpha value is -1.64. The van der Waals surface area contributed by atoms with Gasteiger partial charge in [-0.15, -0.1) is 0 Å². The van der Waals surface area contributed by atoms with E-state index < -0.39 is 5.41 Å². The van der Waals surface area contributed by atoms with E-state index in [1.165, 1.54) is 12.7 Å². The predicted molar refractivity (Wildman–Crippen MR) is 82.3 cm³/mol. The average molecular weight is 298 g/mol. The first-order chi connectivity index (χ1) is 10.6. The van der Waals surface area contributed by atoms with Gasteiger partial charge in [-0.05, 0) is 43.6 Å². The molecule has 22 heavy (non-hydrogen) atoms. The van der Waals surface area contributed by atoms with Crippen molar-refractivity contribution < 1.29 is 14.3 Å². The Balaban J connectivity index is 1.78. The van der Waals surface area contributed by atoms with E-state index in [0.717, 1.165) is 25.7 Å². The number of methoxy groups -OCH3 is 1. The van der Waals surface area contributed by atoms with Gasteiger partial charge in [0, 0.05) is 11.3 Å². The van der Waals surface area contributed by atoms with Crippen molar-refractivity contribution in [2.75, 3.05) is 7.11 Å². The first-order valence-corrected chi connectivity index (χ1v) is 8.32. The summed E-state index contributed by atoms with van der Waals surface area (Å²) in [5, 5.41) is 0. The van der Waals surface area contributed by atoms with Gasteiger partial charge >= 0.3 is 5.97 Å². The molecule has 1 aromatic rings. The molecule has 3 nitrogen and oxygen atoms in total. The Morgan fingerprint density at radius 2 is 1.95 bits per heavy atom.